The van der Waals surface area contributed by atoms with E-state index in [4.69, 9.17) is 9.47 Å². The zero-order valence-electron chi connectivity index (χ0n) is 20.6. The van der Waals surface area contributed by atoms with Crippen molar-refractivity contribution >= 4 is 39.1 Å². The molecule has 0 radical (unpaired) electrons. The average Bonchev–Trinajstić information content (AvgIpc) is 3.40. The fraction of sp³-hybridized carbons (Fsp3) is 0.100. The Balaban J connectivity index is 1.39. The van der Waals surface area contributed by atoms with Gasteiger partial charge in [0.25, 0.3) is 0 Å². The first-order valence-electron chi connectivity index (χ1n) is 12.1. The third-order valence-electron chi connectivity index (χ3n) is 6.64. The highest BCUT2D eigenvalue weighted by Gasteiger charge is 2.30. The highest BCUT2D eigenvalue weighted by atomic mass is 19.4. The predicted octanol–water partition coefficient (Wildman–Crippen LogP) is 5.77. The molecule has 10 heteroatoms. The third-order valence-corrected chi connectivity index (χ3v) is 6.64. The Morgan fingerprint density at radius 1 is 0.875 bits per heavy atom. The molecule has 4 aromatic carbocycles. The number of hydrogen-bond acceptors (Lipinski definition) is 5. The van der Waals surface area contributed by atoms with Crippen molar-refractivity contribution in [2.24, 2.45) is 0 Å². The van der Waals surface area contributed by atoms with E-state index >= 15 is 0 Å². The topological polar surface area (TPSA) is 86.6 Å². The molecule has 1 aromatic heterocycles. The van der Waals surface area contributed by atoms with Crippen LogP contribution in [0.2, 0.25) is 0 Å². The van der Waals surface area contributed by atoms with Crippen molar-refractivity contribution in [1.82, 2.24) is 4.57 Å². The van der Waals surface area contributed by atoms with Gasteiger partial charge in [0.15, 0.2) is 17.3 Å². The lowest BCUT2D eigenvalue weighted by atomic mass is 9.99. The first-order valence-corrected chi connectivity index (χ1v) is 12.1. The van der Waals surface area contributed by atoms with Gasteiger partial charge in [-0.25, -0.2) is 0 Å². The van der Waals surface area contributed by atoms with E-state index in [0.29, 0.717) is 22.6 Å². The van der Waals surface area contributed by atoms with Crippen molar-refractivity contribution in [2.75, 3.05) is 12.1 Å². The minimum atomic E-state index is -4.50. The van der Waals surface area contributed by atoms with Crippen LogP contribution in [0, 0.1) is 0 Å². The van der Waals surface area contributed by atoms with E-state index in [0.717, 1.165) is 35.0 Å². The Morgan fingerprint density at radius 2 is 1.57 bits per heavy atom. The number of alkyl halides is 3. The van der Waals surface area contributed by atoms with Crippen molar-refractivity contribution < 1.29 is 32.2 Å². The third kappa shape index (κ3) is 4.64. The van der Waals surface area contributed by atoms with E-state index in [1.165, 1.54) is 16.8 Å². The zero-order chi connectivity index (χ0) is 28.0. The molecule has 1 amide bonds. The van der Waals surface area contributed by atoms with Gasteiger partial charge in [-0.2, -0.15) is 13.2 Å². The fourth-order valence-corrected chi connectivity index (χ4v) is 4.66. The second kappa shape index (κ2) is 9.57. The largest absolute Gasteiger partial charge is 0.454 e. The maximum atomic E-state index is 13.6. The second-order valence-corrected chi connectivity index (χ2v) is 9.24. The van der Waals surface area contributed by atoms with Crippen molar-refractivity contribution in [2.45, 2.75) is 12.7 Å². The number of pyridine rings is 1. The molecule has 0 saturated carbocycles. The van der Waals surface area contributed by atoms with Crippen LogP contribution in [-0.4, -0.2) is 23.1 Å². The molecule has 0 aliphatic carbocycles. The van der Waals surface area contributed by atoms with Crippen LogP contribution in [0.15, 0.2) is 89.9 Å². The van der Waals surface area contributed by atoms with E-state index in [1.807, 2.05) is 24.3 Å². The van der Waals surface area contributed by atoms with Crippen LogP contribution in [0.1, 0.15) is 21.5 Å². The Bertz CT molecular complexity index is 1880. The van der Waals surface area contributed by atoms with Crippen LogP contribution in [-0.2, 0) is 17.5 Å². The number of anilines is 1. The van der Waals surface area contributed by atoms with Gasteiger partial charge >= 0.3 is 6.18 Å². The van der Waals surface area contributed by atoms with E-state index in [9.17, 15) is 27.6 Å². The lowest BCUT2D eigenvalue weighted by Gasteiger charge is -2.15. The molecule has 0 unspecified atom stereocenters. The van der Waals surface area contributed by atoms with Gasteiger partial charge in [-0.3, -0.25) is 14.4 Å². The second-order valence-electron chi connectivity index (χ2n) is 9.24. The minimum Gasteiger partial charge on any atom is -0.454 e. The number of carbonyl (C=O) groups excluding carboxylic acids is 2. The van der Waals surface area contributed by atoms with E-state index in [2.05, 4.69) is 5.32 Å². The van der Waals surface area contributed by atoms with Gasteiger partial charge in [-0.15, -0.1) is 0 Å². The Hall–Kier alpha value is -5.12. The molecule has 0 spiro atoms. The van der Waals surface area contributed by atoms with Crippen LogP contribution in [0.5, 0.6) is 11.5 Å². The first-order chi connectivity index (χ1) is 19.2. The van der Waals surface area contributed by atoms with Crippen LogP contribution in [0.25, 0.3) is 21.7 Å². The molecule has 0 saturated heterocycles. The molecular formula is C30H19F3N2O5. The molecule has 1 N–H and O–H groups in total. The summed E-state index contributed by atoms with van der Waals surface area (Å²) < 4.78 is 50.9. The van der Waals surface area contributed by atoms with Crippen molar-refractivity contribution in [3.63, 3.8) is 0 Å². The molecule has 1 aliphatic rings. The standard InChI is InChI=1S/C30H19F3N2O5/c31-30(32,33)20-7-9-21(10-8-20)34-27(36)15-35-14-23(28(37)19-6-5-17-3-1-2-4-18(17)11-19)29(38)22-12-25-26(13-24(22)35)40-16-39-25/h1-14H,15-16H2,(H,34,36). The summed E-state index contributed by atoms with van der Waals surface area (Å²) in [4.78, 5) is 40.0. The van der Waals surface area contributed by atoms with Gasteiger partial charge in [0.05, 0.1) is 22.0 Å². The van der Waals surface area contributed by atoms with Crippen LogP contribution < -0.4 is 20.2 Å². The Labute approximate surface area is 224 Å². The lowest BCUT2D eigenvalue weighted by Crippen LogP contribution is -2.24. The number of benzene rings is 4. The van der Waals surface area contributed by atoms with Gasteiger partial charge in [-0.1, -0.05) is 36.4 Å². The number of aromatic nitrogens is 1. The Kier molecular flexibility index (Phi) is 6.02. The highest BCUT2D eigenvalue weighted by Crippen LogP contribution is 2.35. The minimum absolute atomic E-state index is 0.0445. The highest BCUT2D eigenvalue weighted by molar-refractivity contribution is 6.11. The number of nitrogens with zero attached hydrogens (tertiary/aromatic N) is 1. The Morgan fingerprint density at radius 3 is 2.30 bits per heavy atom. The quantitative estimate of drug-likeness (QED) is 0.284. The summed E-state index contributed by atoms with van der Waals surface area (Å²) in [5.41, 5.74) is -0.739. The molecule has 6 rings (SSSR count). The number of halogens is 3. The number of nitrogens with one attached hydrogen (secondary N) is 1. The van der Waals surface area contributed by atoms with Gasteiger partial charge in [0.1, 0.15) is 6.54 Å². The number of ketones is 1. The molecule has 7 nitrogen and oxygen atoms in total. The van der Waals surface area contributed by atoms with E-state index in [-0.39, 0.29) is 30.0 Å². The number of rotatable bonds is 5. The number of amides is 1. The first kappa shape index (κ1) is 25.2. The predicted molar refractivity (Wildman–Crippen MR) is 142 cm³/mol. The van der Waals surface area contributed by atoms with Crippen LogP contribution in [0.3, 0.4) is 0 Å². The average molecular weight is 544 g/mol. The van der Waals surface area contributed by atoms with Crippen LogP contribution in [0.4, 0.5) is 18.9 Å². The fourth-order valence-electron chi connectivity index (χ4n) is 4.66. The summed E-state index contributed by atoms with van der Waals surface area (Å²) in [6.45, 7) is -0.382. The number of fused-ring (bicyclic) bond motifs is 3. The summed E-state index contributed by atoms with van der Waals surface area (Å²) in [5.74, 6) is -0.392. The molecular weight excluding hydrogens is 525 g/mol. The molecule has 0 bridgehead atoms. The number of ether oxygens (including phenoxy) is 2. The SMILES string of the molecule is O=C(Cn1cc(C(=O)c2ccc3ccccc3c2)c(=O)c2cc3c(cc21)OCO3)Nc1ccc(C(F)(F)F)cc1. The van der Waals surface area contributed by atoms with Gasteiger partial charge < -0.3 is 19.4 Å². The molecule has 0 atom stereocenters. The maximum absolute atomic E-state index is 13.6. The van der Waals surface area contributed by atoms with E-state index < -0.39 is 28.9 Å². The van der Waals surface area contributed by atoms with Gasteiger partial charge in [0.2, 0.25) is 18.1 Å². The van der Waals surface area contributed by atoms with Crippen molar-refractivity contribution in [3.05, 3.63) is 112 Å². The normalized spacial score (nSPS) is 12.6. The van der Waals surface area contributed by atoms with Gasteiger partial charge in [0, 0.05) is 23.5 Å². The summed E-state index contributed by atoms with van der Waals surface area (Å²) in [5, 5.41) is 4.47. The van der Waals surface area contributed by atoms with Crippen molar-refractivity contribution in [1.29, 1.82) is 0 Å². The molecule has 5 aromatic rings. The lowest BCUT2D eigenvalue weighted by molar-refractivity contribution is -0.137. The number of carbonyl (C=O) groups is 2. The molecule has 1 aliphatic heterocycles. The maximum Gasteiger partial charge on any atom is 0.416 e. The summed E-state index contributed by atoms with van der Waals surface area (Å²) in [6, 6.07) is 19.7. The summed E-state index contributed by atoms with van der Waals surface area (Å²) in [6.07, 6.45) is -3.19. The monoisotopic (exact) mass is 544 g/mol. The van der Waals surface area contributed by atoms with E-state index in [1.54, 1.807) is 24.3 Å². The summed E-state index contributed by atoms with van der Waals surface area (Å²) in [7, 11) is 0. The van der Waals surface area contributed by atoms with Crippen molar-refractivity contribution in [3.8, 4) is 11.5 Å². The number of hydrogen-bond donors (Lipinski definition) is 1. The van der Waals surface area contributed by atoms with Gasteiger partial charge in [-0.05, 0) is 47.2 Å². The smallest absolute Gasteiger partial charge is 0.416 e. The molecule has 200 valence electrons. The molecule has 40 heavy (non-hydrogen) atoms. The molecule has 2 heterocycles. The van der Waals surface area contributed by atoms with Crippen LogP contribution >= 0.6 is 0 Å². The summed E-state index contributed by atoms with van der Waals surface area (Å²) >= 11 is 0. The molecule has 0 fully saturated rings. The zero-order valence-corrected chi connectivity index (χ0v) is 20.6.